The molecule has 0 saturated carbocycles. The average Bonchev–Trinajstić information content (AvgIpc) is 2.81. The molecule has 0 bridgehead atoms. The zero-order valence-electron chi connectivity index (χ0n) is 9.54. The molecule has 0 aliphatic heterocycles. The predicted molar refractivity (Wildman–Crippen MR) is 71.5 cm³/mol. The van der Waals surface area contributed by atoms with Gasteiger partial charge < -0.3 is 10.1 Å². The van der Waals surface area contributed by atoms with Crippen molar-refractivity contribution in [1.82, 2.24) is 9.97 Å². The Morgan fingerprint density at radius 1 is 1.06 bits per heavy atom. The van der Waals surface area contributed by atoms with E-state index in [0.717, 1.165) is 16.6 Å². The molecule has 0 radical (unpaired) electrons. The SMILES string of the molecule is Oc1ccc(/C=N/c2nc3ccccc3[nH]2)cc1. The smallest absolute Gasteiger partial charge is 0.227 e. The lowest BCUT2D eigenvalue weighted by Gasteiger charge is -1.92. The van der Waals surface area contributed by atoms with Crippen LogP contribution in [0.5, 0.6) is 5.75 Å². The van der Waals surface area contributed by atoms with Crippen LogP contribution >= 0.6 is 0 Å². The number of fused-ring (bicyclic) bond motifs is 1. The number of rotatable bonds is 2. The monoisotopic (exact) mass is 237 g/mol. The largest absolute Gasteiger partial charge is 0.508 e. The Kier molecular flexibility index (Phi) is 2.53. The van der Waals surface area contributed by atoms with Crippen molar-refractivity contribution in [3.8, 4) is 5.75 Å². The quantitative estimate of drug-likeness (QED) is 0.673. The van der Waals surface area contributed by atoms with Crippen LogP contribution in [-0.2, 0) is 0 Å². The van der Waals surface area contributed by atoms with Gasteiger partial charge in [0.05, 0.1) is 11.0 Å². The lowest BCUT2D eigenvalue weighted by Crippen LogP contribution is -1.79. The first kappa shape index (κ1) is 10.5. The highest BCUT2D eigenvalue weighted by Crippen LogP contribution is 2.15. The molecular formula is C14H11N3O. The van der Waals surface area contributed by atoms with Gasteiger partial charge in [0.2, 0.25) is 5.95 Å². The van der Waals surface area contributed by atoms with Gasteiger partial charge in [0.1, 0.15) is 5.75 Å². The van der Waals surface area contributed by atoms with Gasteiger partial charge >= 0.3 is 0 Å². The van der Waals surface area contributed by atoms with Crippen molar-refractivity contribution in [3.05, 3.63) is 54.1 Å². The fourth-order valence-corrected chi connectivity index (χ4v) is 1.70. The number of nitrogens with one attached hydrogen (secondary N) is 1. The summed E-state index contributed by atoms with van der Waals surface area (Å²) in [7, 11) is 0. The Balaban J connectivity index is 1.89. The number of para-hydroxylation sites is 2. The van der Waals surface area contributed by atoms with E-state index in [9.17, 15) is 5.11 Å². The second-order valence-electron chi connectivity index (χ2n) is 3.93. The van der Waals surface area contributed by atoms with Crippen molar-refractivity contribution in [3.63, 3.8) is 0 Å². The number of phenols is 1. The molecule has 3 rings (SSSR count). The van der Waals surface area contributed by atoms with E-state index in [4.69, 9.17) is 0 Å². The molecule has 0 amide bonds. The summed E-state index contributed by atoms with van der Waals surface area (Å²) in [4.78, 5) is 11.7. The molecule has 0 aliphatic carbocycles. The minimum atomic E-state index is 0.246. The maximum Gasteiger partial charge on any atom is 0.227 e. The highest BCUT2D eigenvalue weighted by atomic mass is 16.3. The molecular weight excluding hydrogens is 226 g/mol. The highest BCUT2D eigenvalue weighted by molar-refractivity contribution is 5.83. The maximum atomic E-state index is 9.17. The molecule has 0 unspecified atom stereocenters. The summed E-state index contributed by atoms with van der Waals surface area (Å²) in [6.07, 6.45) is 1.71. The van der Waals surface area contributed by atoms with Gasteiger partial charge in [-0.05, 0) is 42.0 Å². The minimum Gasteiger partial charge on any atom is -0.508 e. The highest BCUT2D eigenvalue weighted by Gasteiger charge is 1.98. The molecule has 0 aliphatic rings. The van der Waals surface area contributed by atoms with Gasteiger partial charge in [0.25, 0.3) is 0 Å². The van der Waals surface area contributed by atoms with Crippen molar-refractivity contribution < 1.29 is 5.11 Å². The van der Waals surface area contributed by atoms with Gasteiger partial charge in [0, 0.05) is 6.21 Å². The van der Waals surface area contributed by atoms with Crippen molar-refractivity contribution in [2.45, 2.75) is 0 Å². The number of phenolic OH excluding ortho intramolecular Hbond substituents is 1. The van der Waals surface area contributed by atoms with Gasteiger partial charge in [-0.3, -0.25) is 0 Å². The average molecular weight is 237 g/mol. The summed E-state index contributed by atoms with van der Waals surface area (Å²) in [6.45, 7) is 0. The molecule has 2 aromatic carbocycles. The summed E-state index contributed by atoms with van der Waals surface area (Å²) in [6, 6.07) is 14.6. The topological polar surface area (TPSA) is 61.3 Å². The molecule has 4 heteroatoms. The van der Waals surface area contributed by atoms with E-state index in [2.05, 4.69) is 15.0 Å². The summed E-state index contributed by atoms with van der Waals surface area (Å²) in [5.41, 5.74) is 2.78. The first-order valence-corrected chi connectivity index (χ1v) is 5.59. The van der Waals surface area contributed by atoms with E-state index in [-0.39, 0.29) is 5.75 Å². The Bertz CT molecular complexity index is 665. The zero-order valence-corrected chi connectivity index (χ0v) is 9.54. The molecule has 88 valence electrons. The Morgan fingerprint density at radius 3 is 2.61 bits per heavy atom. The van der Waals surface area contributed by atoms with E-state index >= 15 is 0 Å². The number of nitrogens with zero attached hydrogens (tertiary/aromatic N) is 2. The van der Waals surface area contributed by atoms with E-state index in [1.165, 1.54) is 0 Å². The van der Waals surface area contributed by atoms with Crippen LogP contribution in [-0.4, -0.2) is 21.3 Å². The molecule has 0 spiro atoms. The molecule has 3 aromatic rings. The van der Waals surface area contributed by atoms with Crippen LogP contribution in [0.15, 0.2) is 53.5 Å². The number of imidazole rings is 1. The molecule has 1 aromatic heterocycles. The number of hydrogen-bond acceptors (Lipinski definition) is 3. The number of benzene rings is 2. The van der Waals surface area contributed by atoms with Crippen molar-refractivity contribution >= 4 is 23.2 Å². The van der Waals surface area contributed by atoms with Crippen LogP contribution in [0.2, 0.25) is 0 Å². The Morgan fingerprint density at radius 2 is 1.83 bits per heavy atom. The lowest BCUT2D eigenvalue weighted by molar-refractivity contribution is 0.475. The van der Waals surface area contributed by atoms with Gasteiger partial charge in [-0.25, -0.2) is 9.98 Å². The fourth-order valence-electron chi connectivity index (χ4n) is 1.70. The van der Waals surface area contributed by atoms with Crippen molar-refractivity contribution in [2.24, 2.45) is 4.99 Å². The van der Waals surface area contributed by atoms with Gasteiger partial charge in [-0.2, -0.15) is 0 Å². The van der Waals surface area contributed by atoms with Crippen LogP contribution in [0.3, 0.4) is 0 Å². The molecule has 4 nitrogen and oxygen atoms in total. The number of hydrogen-bond donors (Lipinski definition) is 2. The molecule has 0 atom stereocenters. The molecule has 0 fully saturated rings. The standard InChI is InChI=1S/C14H11N3O/c18-11-7-5-10(6-8-11)9-15-14-16-12-3-1-2-4-13(12)17-14/h1-9,18H,(H,16,17)/b15-9+. The second-order valence-corrected chi connectivity index (χ2v) is 3.93. The van der Waals surface area contributed by atoms with Crippen LogP contribution in [0.25, 0.3) is 11.0 Å². The van der Waals surface area contributed by atoms with Gasteiger partial charge in [-0.15, -0.1) is 0 Å². The van der Waals surface area contributed by atoms with Crippen LogP contribution < -0.4 is 0 Å². The molecule has 0 saturated heterocycles. The molecule has 2 N–H and O–H groups in total. The van der Waals surface area contributed by atoms with E-state index < -0.39 is 0 Å². The predicted octanol–water partition coefficient (Wildman–Crippen LogP) is 3.02. The van der Waals surface area contributed by atoms with E-state index in [1.54, 1.807) is 30.5 Å². The zero-order chi connectivity index (χ0) is 12.4. The summed E-state index contributed by atoms with van der Waals surface area (Å²) in [5.74, 6) is 0.820. The summed E-state index contributed by atoms with van der Waals surface area (Å²) >= 11 is 0. The van der Waals surface area contributed by atoms with Gasteiger partial charge in [-0.1, -0.05) is 12.1 Å². The summed E-state index contributed by atoms with van der Waals surface area (Å²) in [5, 5.41) is 9.17. The number of aromatic amines is 1. The van der Waals surface area contributed by atoms with E-state index in [1.807, 2.05) is 24.3 Å². The summed E-state index contributed by atoms with van der Waals surface area (Å²) < 4.78 is 0. The fraction of sp³-hybridized carbons (Fsp3) is 0. The Hall–Kier alpha value is -2.62. The number of aromatic hydroxyl groups is 1. The molecule has 18 heavy (non-hydrogen) atoms. The minimum absolute atomic E-state index is 0.246. The first-order valence-electron chi connectivity index (χ1n) is 5.59. The van der Waals surface area contributed by atoms with Crippen molar-refractivity contribution in [2.75, 3.05) is 0 Å². The third-order valence-corrected chi connectivity index (χ3v) is 2.61. The number of aromatic nitrogens is 2. The maximum absolute atomic E-state index is 9.17. The number of H-pyrrole nitrogens is 1. The molecule has 1 heterocycles. The van der Waals surface area contributed by atoms with Crippen molar-refractivity contribution in [1.29, 1.82) is 0 Å². The Labute approximate surface area is 104 Å². The number of aliphatic imine (C=N–C) groups is 1. The third kappa shape index (κ3) is 2.08. The normalized spacial score (nSPS) is 11.3. The second kappa shape index (κ2) is 4.33. The first-order chi connectivity index (χ1) is 8.81. The lowest BCUT2D eigenvalue weighted by atomic mass is 10.2. The third-order valence-electron chi connectivity index (χ3n) is 2.61. The van der Waals surface area contributed by atoms with Crippen LogP contribution in [0.4, 0.5) is 5.95 Å². The van der Waals surface area contributed by atoms with Crippen LogP contribution in [0, 0.1) is 0 Å². The van der Waals surface area contributed by atoms with Gasteiger partial charge in [0.15, 0.2) is 0 Å². The van der Waals surface area contributed by atoms with Crippen LogP contribution in [0.1, 0.15) is 5.56 Å². The van der Waals surface area contributed by atoms with E-state index in [0.29, 0.717) is 5.95 Å².